The highest BCUT2D eigenvalue weighted by Crippen LogP contribution is 2.44. The number of carbonyl (C=O) groups excluding carboxylic acids is 2. The molecule has 0 heterocycles. The first kappa shape index (κ1) is 27.9. The van der Waals surface area contributed by atoms with Gasteiger partial charge in [-0.2, -0.15) is 0 Å². The maximum absolute atomic E-state index is 13.3. The van der Waals surface area contributed by atoms with Gasteiger partial charge in [-0.3, -0.25) is 4.79 Å². The molecule has 1 aliphatic rings. The molecular weight excluding hydrogens is 520 g/mol. The third-order valence-corrected chi connectivity index (χ3v) is 7.34. The normalized spacial score (nSPS) is 12.7. The molecule has 210 valence electrons. The van der Waals surface area contributed by atoms with Gasteiger partial charge in [0.2, 0.25) is 0 Å². The van der Waals surface area contributed by atoms with Gasteiger partial charge in [0.05, 0.1) is 19.3 Å². The average molecular weight is 553 g/mol. The van der Waals surface area contributed by atoms with Crippen molar-refractivity contribution in [3.8, 4) is 16.9 Å². The third kappa shape index (κ3) is 6.09. The number of hydrogen-bond donors (Lipinski definition) is 4. The van der Waals surface area contributed by atoms with Crippen molar-refractivity contribution in [3.05, 3.63) is 124 Å². The lowest BCUT2D eigenvalue weighted by Crippen LogP contribution is -2.31. The fourth-order valence-electron chi connectivity index (χ4n) is 5.25. The van der Waals surface area contributed by atoms with E-state index in [-0.39, 0.29) is 38.3 Å². The zero-order chi connectivity index (χ0) is 28.8. The van der Waals surface area contributed by atoms with Crippen LogP contribution in [0.15, 0.2) is 91.0 Å². The van der Waals surface area contributed by atoms with Crippen molar-refractivity contribution in [3.63, 3.8) is 0 Å². The van der Waals surface area contributed by atoms with Crippen molar-refractivity contribution in [1.82, 2.24) is 10.6 Å². The Hall–Kier alpha value is -4.66. The molecule has 8 heteroatoms. The Labute approximate surface area is 238 Å². The minimum atomic E-state index is -0.659. The molecule has 0 saturated heterocycles. The molecule has 0 spiro atoms. The Bertz CT molecular complexity index is 1490. The number of nitrogens with one attached hydrogen (secondary N) is 2. The number of aliphatic hydroxyl groups is 2. The van der Waals surface area contributed by atoms with E-state index in [1.807, 2.05) is 24.3 Å². The van der Waals surface area contributed by atoms with Gasteiger partial charge in [-0.1, -0.05) is 78.9 Å². The van der Waals surface area contributed by atoms with Crippen LogP contribution >= 0.6 is 0 Å². The first-order valence-electron chi connectivity index (χ1n) is 13.4. The van der Waals surface area contributed by atoms with E-state index in [4.69, 9.17) is 9.47 Å². The molecule has 41 heavy (non-hydrogen) atoms. The van der Waals surface area contributed by atoms with Crippen LogP contribution < -0.4 is 15.4 Å². The summed E-state index contributed by atoms with van der Waals surface area (Å²) in [5, 5.41) is 25.2. The van der Waals surface area contributed by atoms with E-state index in [2.05, 4.69) is 34.9 Å². The summed E-state index contributed by atoms with van der Waals surface area (Å²) in [6.45, 7) is -0.405. The highest BCUT2D eigenvalue weighted by Gasteiger charge is 2.29. The molecule has 4 aromatic rings. The van der Waals surface area contributed by atoms with E-state index in [1.165, 1.54) is 7.05 Å². The molecule has 4 aromatic carbocycles. The van der Waals surface area contributed by atoms with Crippen molar-refractivity contribution in [2.45, 2.75) is 25.2 Å². The Morgan fingerprint density at radius 3 is 2.12 bits per heavy atom. The zero-order valence-electron chi connectivity index (χ0n) is 22.7. The summed E-state index contributed by atoms with van der Waals surface area (Å²) < 4.78 is 11.3. The van der Waals surface area contributed by atoms with Crippen LogP contribution in [0.5, 0.6) is 5.75 Å². The largest absolute Gasteiger partial charge is 0.484 e. The molecule has 8 nitrogen and oxygen atoms in total. The second-order valence-corrected chi connectivity index (χ2v) is 9.78. The summed E-state index contributed by atoms with van der Waals surface area (Å²) in [6.07, 6.45) is -0.605. The van der Waals surface area contributed by atoms with Gasteiger partial charge in [0, 0.05) is 13.0 Å². The van der Waals surface area contributed by atoms with Crippen molar-refractivity contribution >= 4 is 12.0 Å². The summed E-state index contributed by atoms with van der Waals surface area (Å²) in [6, 6.07) is 27.9. The van der Waals surface area contributed by atoms with Crippen LogP contribution in [0.3, 0.4) is 0 Å². The lowest BCUT2D eigenvalue weighted by molar-refractivity contribution is -0.122. The number of carbonyl (C=O) groups is 2. The zero-order valence-corrected chi connectivity index (χ0v) is 22.7. The van der Waals surface area contributed by atoms with Crippen molar-refractivity contribution in [2.24, 2.45) is 0 Å². The number of amides is 2. The van der Waals surface area contributed by atoms with Gasteiger partial charge < -0.3 is 30.3 Å². The summed E-state index contributed by atoms with van der Waals surface area (Å²) in [4.78, 5) is 24.8. The Balaban J connectivity index is 1.37. The van der Waals surface area contributed by atoms with Crippen LogP contribution in [0.2, 0.25) is 0 Å². The fraction of sp³-hybridized carbons (Fsp3) is 0.212. The van der Waals surface area contributed by atoms with E-state index >= 15 is 0 Å². The molecule has 5 rings (SSSR count). The number of ether oxygens (including phenoxy) is 2. The molecule has 0 radical (unpaired) electrons. The van der Waals surface area contributed by atoms with Gasteiger partial charge in [0.15, 0.2) is 6.61 Å². The van der Waals surface area contributed by atoms with E-state index in [0.29, 0.717) is 22.4 Å². The molecule has 1 unspecified atom stereocenters. The summed E-state index contributed by atoms with van der Waals surface area (Å²) in [5.41, 5.74) is 7.13. The highest BCUT2D eigenvalue weighted by atomic mass is 16.5. The van der Waals surface area contributed by atoms with Crippen LogP contribution in [-0.4, -0.2) is 42.5 Å². The molecule has 4 N–H and O–H groups in total. The monoisotopic (exact) mass is 552 g/mol. The summed E-state index contributed by atoms with van der Waals surface area (Å²) in [5.74, 6) is 0.163. The summed E-state index contributed by atoms with van der Waals surface area (Å²) >= 11 is 0. The van der Waals surface area contributed by atoms with E-state index in [1.54, 1.807) is 42.5 Å². The number of alkyl carbamates (subject to hydrolysis) is 1. The topological polar surface area (TPSA) is 117 Å². The van der Waals surface area contributed by atoms with Crippen LogP contribution in [0.1, 0.15) is 45.3 Å². The van der Waals surface area contributed by atoms with E-state index in [0.717, 1.165) is 27.8 Å². The second-order valence-electron chi connectivity index (χ2n) is 9.78. The quantitative estimate of drug-likeness (QED) is 0.231. The number of benzene rings is 4. The second kappa shape index (κ2) is 12.7. The molecule has 0 bridgehead atoms. The van der Waals surface area contributed by atoms with E-state index in [9.17, 15) is 19.8 Å². The molecule has 0 aliphatic heterocycles. The minimum absolute atomic E-state index is 0.0832. The number of hydrogen-bond acceptors (Lipinski definition) is 6. The van der Waals surface area contributed by atoms with Crippen LogP contribution in [0.25, 0.3) is 11.1 Å². The van der Waals surface area contributed by atoms with Gasteiger partial charge in [-0.25, -0.2) is 4.79 Å². The molecule has 1 atom stereocenters. The van der Waals surface area contributed by atoms with Gasteiger partial charge in [-0.05, 0) is 56.6 Å². The van der Waals surface area contributed by atoms with E-state index < -0.39 is 12.1 Å². The smallest absolute Gasteiger partial charge is 0.407 e. The molecule has 0 fully saturated rings. The average Bonchev–Trinajstić information content (AvgIpc) is 3.35. The first-order chi connectivity index (χ1) is 20.0. The molecule has 2 amide bonds. The Kier molecular flexibility index (Phi) is 8.62. The molecule has 1 aliphatic carbocycles. The number of aliphatic hydroxyl groups excluding tert-OH is 2. The van der Waals surface area contributed by atoms with Crippen LogP contribution in [0.4, 0.5) is 4.79 Å². The Morgan fingerprint density at radius 1 is 0.854 bits per heavy atom. The maximum atomic E-state index is 13.3. The minimum Gasteiger partial charge on any atom is -0.484 e. The highest BCUT2D eigenvalue weighted by molar-refractivity contribution is 5.79. The predicted octanol–water partition coefficient (Wildman–Crippen LogP) is 4.42. The lowest BCUT2D eigenvalue weighted by atomic mass is 9.93. The SMILES string of the molecule is CNC(=O)COc1ccc(C(NC(=O)OCC2c3ccccc3-c3ccccc32)c2ccc(CO)cc2CO)cc1. The van der Waals surface area contributed by atoms with Crippen LogP contribution in [-0.2, 0) is 22.7 Å². The number of likely N-dealkylation sites (N-methyl/N-ethyl adjacent to an activating group) is 1. The van der Waals surface area contributed by atoms with Gasteiger partial charge >= 0.3 is 6.09 Å². The Morgan fingerprint density at radius 2 is 1.51 bits per heavy atom. The van der Waals surface area contributed by atoms with Gasteiger partial charge in [0.25, 0.3) is 5.91 Å². The number of fused-ring (bicyclic) bond motifs is 3. The number of rotatable bonds is 10. The van der Waals surface area contributed by atoms with Crippen molar-refractivity contribution < 1.29 is 29.3 Å². The fourth-order valence-corrected chi connectivity index (χ4v) is 5.25. The predicted molar refractivity (Wildman–Crippen MR) is 154 cm³/mol. The van der Waals surface area contributed by atoms with Gasteiger partial charge in [0.1, 0.15) is 12.4 Å². The lowest BCUT2D eigenvalue weighted by Gasteiger charge is -2.23. The molecule has 0 saturated carbocycles. The molecule has 0 aromatic heterocycles. The molecular formula is C33H32N2O6. The maximum Gasteiger partial charge on any atom is 0.407 e. The van der Waals surface area contributed by atoms with Gasteiger partial charge in [-0.15, -0.1) is 0 Å². The van der Waals surface area contributed by atoms with Crippen LogP contribution in [0, 0.1) is 0 Å². The third-order valence-electron chi connectivity index (χ3n) is 7.34. The summed E-state index contributed by atoms with van der Waals surface area (Å²) in [7, 11) is 1.54. The van der Waals surface area contributed by atoms with Crippen molar-refractivity contribution in [1.29, 1.82) is 0 Å². The van der Waals surface area contributed by atoms with Crippen molar-refractivity contribution in [2.75, 3.05) is 20.3 Å². The standard InChI is InChI=1S/C33H32N2O6/c1-34-31(38)20-40-24-13-11-22(12-14-24)32(25-15-10-21(17-36)16-23(25)18-37)35-33(39)41-19-30-28-8-4-2-6-26(28)27-7-3-5-9-29(27)30/h2-16,30,32,36-37H,17-20H2,1H3,(H,34,38)(H,35,39). The first-order valence-corrected chi connectivity index (χ1v) is 13.4.